The molecule has 0 spiro atoms. The molecule has 32 heavy (non-hydrogen) atoms. The number of rotatable bonds is 10. The molecule has 0 radical (unpaired) electrons. The van der Waals surface area contributed by atoms with Gasteiger partial charge in [-0.3, -0.25) is 4.79 Å². The van der Waals surface area contributed by atoms with Gasteiger partial charge in [-0.05, 0) is 41.0 Å². The minimum absolute atomic E-state index is 0.102. The van der Waals surface area contributed by atoms with Crippen LogP contribution in [-0.2, 0) is 35.8 Å². The normalized spacial score (nSPS) is 10.5. The van der Waals surface area contributed by atoms with E-state index >= 15 is 0 Å². The van der Waals surface area contributed by atoms with Gasteiger partial charge in [-0.2, -0.15) is 0 Å². The first kappa shape index (κ1) is 21.2. The van der Waals surface area contributed by atoms with E-state index in [0.29, 0.717) is 30.5 Å². The number of benzene rings is 3. The predicted molar refractivity (Wildman–Crippen MR) is 120 cm³/mol. The molecule has 0 aliphatic carbocycles. The number of carbonyl (C=O) groups is 1. The van der Waals surface area contributed by atoms with E-state index in [0.717, 1.165) is 16.7 Å². The fourth-order valence-corrected chi connectivity index (χ4v) is 3.15. The number of esters is 1. The molecule has 4 rings (SSSR count). The second kappa shape index (κ2) is 10.9. The van der Waals surface area contributed by atoms with Crippen molar-refractivity contribution in [1.82, 2.24) is 0 Å². The summed E-state index contributed by atoms with van der Waals surface area (Å²) in [5.41, 5.74) is 2.87. The second-order valence-electron chi connectivity index (χ2n) is 7.28. The molecule has 4 aromatic rings. The lowest BCUT2D eigenvalue weighted by Gasteiger charge is -2.13. The Morgan fingerprint density at radius 1 is 0.656 bits per heavy atom. The van der Waals surface area contributed by atoms with Gasteiger partial charge in [0.1, 0.15) is 37.1 Å². The van der Waals surface area contributed by atoms with E-state index in [4.69, 9.17) is 18.6 Å². The maximum Gasteiger partial charge on any atom is 0.310 e. The summed E-state index contributed by atoms with van der Waals surface area (Å²) < 4.78 is 22.5. The van der Waals surface area contributed by atoms with Crippen molar-refractivity contribution in [2.24, 2.45) is 0 Å². The Balaban J connectivity index is 1.44. The van der Waals surface area contributed by atoms with Crippen molar-refractivity contribution in [2.45, 2.75) is 26.2 Å². The average molecular weight is 428 g/mol. The number of carbonyl (C=O) groups excluding carboxylic acids is 1. The van der Waals surface area contributed by atoms with E-state index in [1.54, 1.807) is 18.4 Å². The monoisotopic (exact) mass is 428 g/mol. The van der Waals surface area contributed by atoms with Crippen molar-refractivity contribution in [1.29, 1.82) is 0 Å². The molecule has 0 aliphatic heterocycles. The van der Waals surface area contributed by atoms with Gasteiger partial charge in [0.2, 0.25) is 0 Å². The van der Waals surface area contributed by atoms with Gasteiger partial charge in [0.05, 0.1) is 12.7 Å². The third-order valence-electron chi connectivity index (χ3n) is 4.74. The van der Waals surface area contributed by atoms with E-state index in [9.17, 15) is 4.79 Å². The van der Waals surface area contributed by atoms with E-state index in [-0.39, 0.29) is 19.0 Å². The summed E-state index contributed by atoms with van der Waals surface area (Å²) in [6, 6.07) is 28.9. The minimum Gasteiger partial charge on any atom is -0.489 e. The van der Waals surface area contributed by atoms with Gasteiger partial charge in [-0.1, -0.05) is 60.7 Å². The van der Waals surface area contributed by atoms with Crippen molar-refractivity contribution < 1.29 is 23.4 Å². The third kappa shape index (κ3) is 6.51. The Morgan fingerprint density at radius 3 is 1.78 bits per heavy atom. The van der Waals surface area contributed by atoms with Crippen LogP contribution >= 0.6 is 0 Å². The largest absolute Gasteiger partial charge is 0.489 e. The molecule has 1 aromatic heterocycles. The Hall–Kier alpha value is -3.99. The Labute approximate surface area is 187 Å². The standard InChI is InChI=1S/C27H24O5/c28-27(32-20-24-12-7-13-29-24)16-23-14-25(30-18-21-8-3-1-4-9-21)17-26(15-23)31-19-22-10-5-2-6-11-22/h1-15,17H,16,18-20H2. The first-order valence-corrected chi connectivity index (χ1v) is 10.4. The van der Waals surface area contributed by atoms with E-state index < -0.39 is 0 Å². The zero-order valence-electron chi connectivity index (χ0n) is 17.6. The summed E-state index contributed by atoms with van der Waals surface area (Å²) >= 11 is 0. The Bertz CT molecular complexity index is 1040. The molecule has 0 saturated carbocycles. The molecule has 0 amide bonds. The molecule has 0 saturated heterocycles. The third-order valence-corrected chi connectivity index (χ3v) is 4.74. The molecule has 0 bridgehead atoms. The molecular formula is C27H24O5. The lowest BCUT2D eigenvalue weighted by molar-refractivity contribution is -0.144. The molecule has 3 aromatic carbocycles. The number of hydrogen-bond acceptors (Lipinski definition) is 5. The van der Waals surface area contributed by atoms with Crippen LogP contribution in [-0.4, -0.2) is 5.97 Å². The SMILES string of the molecule is O=C(Cc1cc(OCc2ccccc2)cc(OCc2ccccc2)c1)OCc1ccco1. The van der Waals surface area contributed by atoms with Crippen LogP contribution in [0.1, 0.15) is 22.5 Å². The van der Waals surface area contributed by atoms with Crippen molar-refractivity contribution in [3.05, 3.63) is 120 Å². The van der Waals surface area contributed by atoms with Gasteiger partial charge in [-0.15, -0.1) is 0 Å². The topological polar surface area (TPSA) is 57.9 Å². The summed E-state index contributed by atoms with van der Waals surface area (Å²) in [6.07, 6.45) is 1.65. The molecule has 162 valence electrons. The summed E-state index contributed by atoms with van der Waals surface area (Å²) in [5.74, 6) is 1.52. The van der Waals surface area contributed by atoms with Crippen LogP contribution in [0.5, 0.6) is 11.5 Å². The molecular weight excluding hydrogens is 404 g/mol. The molecule has 0 atom stereocenters. The van der Waals surface area contributed by atoms with Crippen LogP contribution in [0, 0.1) is 0 Å². The molecule has 0 unspecified atom stereocenters. The Morgan fingerprint density at radius 2 is 1.25 bits per heavy atom. The van der Waals surface area contributed by atoms with Gasteiger partial charge < -0.3 is 18.6 Å². The zero-order chi connectivity index (χ0) is 22.0. The highest BCUT2D eigenvalue weighted by Crippen LogP contribution is 2.25. The van der Waals surface area contributed by atoms with Crippen molar-refractivity contribution in [3.8, 4) is 11.5 Å². The quantitative estimate of drug-likeness (QED) is 0.302. The van der Waals surface area contributed by atoms with Crippen LogP contribution in [0.4, 0.5) is 0 Å². The fraction of sp³-hybridized carbons (Fsp3) is 0.148. The van der Waals surface area contributed by atoms with Crippen LogP contribution in [0.25, 0.3) is 0 Å². The van der Waals surface area contributed by atoms with Crippen molar-refractivity contribution >= 4 is 5.97 Å². The van der Waals surface area contributed by atoms with Crippen LogP contribution < -0.4 is 9.47 Å². The van der Waals surface area contributed by atoms with Crippen molar-refractivity contribution in [2.75, 3.05) is 0 Å². The first-order valence-electron chi connectivity index (χ1n) is 10.4. The summed E-state index contributed by atoms with van der Waals surface area (Å²) in [4.78, 5) is 12.3. The molecule has 0 N–H and O–H groups in total. The number of hydrogen-bond donors (Lipinski definition) is 0. The average Bonchev–Trinajstić information content (AvgIpc) is 3.35. The summed E-state index contributed by atoms with van der Waals surface area (Å²) in [6.45, 7) is 0.949. The summed E-state index contributed by atoms with van der Waals surface area (Å²) in [7, 11) is 0. The van der Waals surface area contributed by atoms with Crippen LogP contribution in [0.15, 0.2) is 102 Å². The molecule has 0 aliphatic rings. The Kier molecular flexibility index (Phi) is 7.21. The highest BCUT2D eigenvalue weighted by atomic mass is 16.5. The molecule has 1 heterocycles. The van der Waals surface area contributed by atoms with Gasteiger partial charge in [0.25, 0.3) is 0 Å². The highest BCUT2D eigenvalue weighted by molar-refractivity contribution is 5.73. The van der Waals surface area contributed by atoms with Gasteiger partial charge in [-0.25, -0.2) is 0 Å². The van der Waals surface area contributed by atoms with Crippen molar-refractivity contribution in [3.63, 3.8) is 0 Å². The first-order chi connectivity index (χ1) is 15.7. The van der Waals surface area contributed by atoms with E-state index in [1.807, 2.05) is 78.9 Å². The molecule has 5 nitrogen and oxygen atoms in total. The van der Waals surface area contributed by atoms with Gasteiger partial charge in [0.15, 0.2) is 0 Å². The van der Waals surface area contributed by atoms with Crippen LogP contribution in [0.3, 0.4) is 0 Å². The van der Waals surface area contributed by atoms with Gasteiger partial charge >= 0.3 is 5.97 Å². The second-order valence-corrected chi connectivity index (χ2v) is 7.28. The van der Waals surface area contributed by atoms with E-state index in [1.165, 1.54) is 0 Å². The molecule has 0 fully saturated rings. The number of ether oxygens (including phenoxy) is 3. The number of furan rings is 1. The smallest absolute Gasteiger partial charge is 0.310 e. The highest BCUT2D eigenvalue weighted by Gasteiger charge is 2.11. The zero-order valence-corrected chi connectivity index (χ0v) is 17.6. The maximum absolute atomic E-state index is 12.3. The molecule has 5 heteroatoms. The van der Waals surface area contributed by atoms with E-state index in [2.05, 4.69) is 0 Å². The maximum atomic E-state index is 12.3. The predicted octanol–water partition coefficient (Wildman–Crippen LogP) is 5.72. The van der Waals surface area contributed by atoms with Gasteiger partial charge in [0, 0.05) is 6.07 Å². The summed E-state index contributed by atoms with van der Waals surface area (Å²) in [5, 5.41) is 0. The fourth-order valence-electron chi connectivity index (χ4n) is 3.15. The lowest BCUT2D eigenvalue weighted by atomic mass is 10.1. The van der Waals surface area contributed by atoms with Crippen LogP contribution in [0.2, 0.25) is 0 Å². The lowest BCUT2D eigenvalue weighted by Crippen LogP contribution is -2.08. The minimum atomic E-state index is -0.351.